The summed E-state index contributed by atoms with van der Waals surface area (Å²) < 4.78 is 5.38. The first-order valence-electron chi connectivity index (χ1n) is 8.43. The maximum Gasteiger partial charge on any atom is 0.232 e. The highest BCUT2D eigenvalue weighted by molar-refractivity contribution is 6.28. The van der Waals surface area contributed by atoms with Crippen LogP contribution in [0.1, 0.15) is 11.1 Å². The van der Waals surface area contributed by atoms with E-state index in [1.54, 1.807) is 0 Å². The van der Waals surface area contributed by atoms with Gasteiger partial charge >= 0.3 is 0 Å². The van der Waals surface area contributed by atoms with E-state index in [1.807, 2.05) is 21.9 Å². The molecule has 3 heterocycles. The van der Waals surface area contributed by atoms with Gasteiger partial charge in [0.2, 0.25) is 17.2 Å². The lowest BCUT2D eigenvalue weighted by Gasteiger charge is -2.36. The number of rotatable bonds is 3. The summed E-state index contributed by atoms with van der Waals surface area (Å²) in [6.45, 7) is 3.43. The Bertz CT molecular complexity index is 754. The van der Waals surface area contributed by atoms with Crippen LogP contribution >= 0.6 is 11.6 Å². The van der Waals surface area contributed by atoms with Crippen LogP contribution < -0.4 is 9.80 Å². The molecule has 1 aromatic carbocycles. The molecule has 0 saturated carbocycles. The number of nitrogens with zero attached hydrogens (tertiary/aromatic N) is 5. The molecule has 0 unspecified atom stereocenters. The van der Waals surface area contributed by atoms with E-state index in [0.717, 1.165) is 19.5 Å². The zero-order valence-corrected chi connectivity index (χ0v) is 14.6. The average Bonchev–Trinajstić information content (AvgIpc) is 2.67. The van der Waals surface area contributed by atoms with E-state index in [-0.39, 0.29) is 17.9 Å². The molecule has 7 nitrogen and oxygen atoms in total. The number of aliphatic hydroxyl groups excluding tert-OH is 1. The number of hydrogen-bond donors (Lipinski definition) is 1. The molecule has 1 atom stereocenters. The van der Waals surface area contributed by atoms with Gasteiger partial charge in [0.05, 0.1) is 25.9 Å². The summed E-state index contributed by atoms with van der Waals surface area (Å²) in [6, 6.07) is 8.18. The van der Waals surface area contributed by atoms with Crippen molar-refractivity contribution in [3.8, 4) is 0 Å². The standard InChI is InChI=1S/C17H20ClN5O2/c18-15-19-16(22-5-7-25-8-6-22)21-17(20-15)23-10-13-4-2-1-3-12(13)9-14(23)11-24/h1-4,14,24H,5-11H2/t14-/m0/s1. The summed E-state index contributed by atoms with van der Waals surface area (Å²) in [5.74, 6) is 1.07. The number of aliphatic hydroxyl groups is 1. The quantitative estimate of drug-likeness (QED) is 0.882. The van der Waals surface area contributed by atoms with Crippen LogP contribution in [-0.4, -0.2) is 59.0 Å². The summed E-state index contributed by atoms with van der Waals surface area (Å²) in [4.78, 5) is 17.3. The number of ether oxygens (including phenoxy) is 1. The van der Waals surface area contributed by atoms with Crippen molar-refractivity contribution >= 4 is 23.5 Å². The normalized spacial score (nSPS) is 20.5. The lowest BCUT2D eigenvalue weighted by Crippen LogP contribution is -2.44. The maximum absolute atomic E-state index is 9.86. The Morgan fingerprint density at radius 3 is 2.56 bits per heavy atom. The van der Waals surface area contributed by atoms with Crippen molar-refractivity contribution in [2.75, 3.05) is 42.7 Å². The maximum atomic E-state index is 9.86. The molecular formula is C17H20ClN5O2. The summed E-state index contributed by atoms with van der Waals surface area (Å²) in [7, 11) is 0. The van der Waals surface area contributed by atoms with Gasteiger partial charge in [0, 0.05) is 19.6 Å². The monoisotopic (exact) mass is 361 g/mol. The van der Waals surface area contributed by atoms with Crippen molar-refractivity contribution in [3.05, 3.63) is 40.7 Å². The van der Waals surface area contributed by atoms with E-state index in [4.69, 9.17) is 16.3 Å². The van der Waals surface area contributed by atoms with Crippen LogP contribution in [0, 0.1) is 0 Å². The van der Waals surface area contributed by atoms with Crippen LogP contribution in [0.3, 0.4) is 0 Å². The molecule has 0 bridgehead atoms. The Morgan fingerprint density at radius 1 is 1.08 bits per heavy atom. The first-order valence-corrected chi connectivity index (χ1v) is 8.81. The third-order valence-electron chi connectivity index (χ3n) is 4.70. The van der Waals surface area contributed by atoms with Crippen molar-refractivity contribution in [2.45, 2.75) is 19.0 Å². The van der Waals surface area contributed by atoms with Gasteiger partial charge in [-0.25, -0.2) is 0 Å². The van der Waals surface area contributed by atoms with Crippen LogP contribution in [0.5, 0.6) is 0 Å². The molecule has 2 aliphatic heterocycles. The summed E-state index contributed by atoms with van der Waals surface area (Å²) in [5, 5.41) is 10.0. The van der Waals surface area contributed by atoms with Gasteiger partial charge in [0.25, 0.3) is 0 Å². The van der Waals surface area contributed by atoms with E-state index in [2.05, 4.69) is 27.1 Å². The Labute approximate surface area is 151 Å². The van der Waals surface area contributed by atoms with E-state index in [1.165, 1.54) is 11.1 Å². The minimum Gasteiger partial charge on any atom is -0.394 e. The number of halogens is 1. The molecule has 1 aromatic heterocycles. The Hall–Kier alpha value is -1.96. The van der Waals surface area contributed by atoms with Gasteiger partial charge < -0.3 is 19.6 Å². The number of morpholine rings is 1. The van der Waals surface area contributed by atoms with E-state index < -0.39 is 0 Å². The Morgan fingerprint density at radius 2 is 1.80 bits per heavy atom. The minimum atomic E-state index is -0.0779. The molecule has 0 amide bonds. The van der Waals surface area contributed by atoms with E-state index >= 15 is 0 Å². The van der Waals surface area contributed by atoms with Crippen LogP contribution in [0.2, 0.25) is 5.28 Å². The molecule has 0 aliphatic carbocycles. The molecule has 4 rings (SSSR count). The smallest absolute Gasteiger partial charge is 0.232 e. The number of anilines is 2. The molecule has 2 aliphatic rings. The van der Waals surface area contributed by atoms with E-state index in [9.17, 15) is 5.11 Å². The van der Waals surface area contributed by atoms with Gasteiger partial charge in [0.1, 0.15) is 0 Å². The highest BCUT2D eigenvalue weighted by Crippen LogP contribution is 2.28. The Balaban J connectivity index is 1.67. The average molecular weight is 362 g/mol. The van der Waals surface area contributed by atoms with Gasteiger partial charge in [-0.3, -0.25) is 0 Å². The Kier molecular flexibility index (Phi) is 4.70. The molecule has 0 spiro atoms. The van der Waals surface area contributed by atoms with E-state index in [0.29, 0.717) is 31.7 Å². The second-order valence-corrected chi connectivity index (χ2v) is 6.58. The summed E-state index contributed by atoms with van der Waals surface area (Å²) in [6.07, 6.45) is 0.753. The van der Waals surface area contributed by atoms with Gasteiger partial charge in [-0.1, -0.05) is 24.3 Å². The fourth-order valence-electron chi connectivity index (χ4n) is 3.35. The highest BCUT2D eigenvalue weighted by atomic mass is 35.5. The minimum absolute atomic E-state index is 0.0323. The van der Waals surface area contributed by atoms with Crippen LogP contribution in [0.4, 0.5) is 11.9 Å². The molecule has 1 fully saturated rings. The third-order valence-corrected chi connectivity index (χ3v) is 4.87. The van der Waals surface area contributed by atoms with Crippen molar-refractivity contribution in [3.63, 3.8) is 0 Å². The molecule has 132 valence electrons. The predicted molar refractivity (Wildman–Crippen MR) is 95.1 cm³/mol. The lowest BCUT2D eigenvalue weighted by atomic mass is 9.94. The zero-order chi connectivity index (χ0) is 17.2. The molecular weight excluding hydrogens is 342 g/mol. The third kappa shape index (κ3) is 3.40. The van der Waals surface area contributed by atoms with Crippen molar-refractivity contribution in [2.24, 2.45) is 0 Å². The molecule has 1 N–H and O–H groups in total. The predicted octanol–water partition coefficient (Wildman–Crippen LogP) is 1.29. The zero-order valence-electron chi connectivity index (χ0n) is 13.8. The first kappa shape index (κ1) is 16.5. The van der Waals surface area contributed by atoms with Gasteiger partial charge in [0.15, 0.2) is 0 Å². The van der Waals surface area contributed by atoms with Crippen molar-refractivity contribution in [1.82, 2.24) is 15.0 Å². The number of hydrogen-bond acceptors (Lipinski definition) is 7. The fourth-order valence-corrected chi connectivity index (χ4v) is 3.50. The summed E-state index contributed by atoms with van der Waals surface area (Å²) >= 11 is 6.17. The lowest BCUT2D eigenvalue weighted by molar-refractivity contribution is 0.122. The van der Waals surface area contributed by atoms with Crippen molar-refractivity contribution < 1.29 is 9.84 Å². The molecule has 0 radical (unpaired) electrons. The molecule has 25 heavy (non-hydrogen) atoms. The second-order valence-electron chi connectivity index (χ2n) is 6.24. The van der Waals surface area contributed by atoms with Gasteiger partial charge in [-0.2, -0.15) is 15.0 Å². The van der Waals surface area contributed by atoms with Crippen molar-refractivity contribution in [1.29, 1.82) is 0 Å². The van der Waals surface area contributed by atoms with Crippen LogP contribution in [0.15, 0.2) is 24.3 Å². The largest absolute Gasteiger partial charge is 0.394 e. The van der Waals surface area contributed by atoms with Crippen LogP contribution in [0.25, 0.3) is 0 Å². The SMILES string of the molecule is OC[C@@H]1Cc2ccccc2CN1c1nc(Cl)nc(N2CCOCC2)n1. The first-order chi connectivity index (χ1) is 12.2. The summed E-state index contributed by atoms with van der Waals surface area (Å²) in [5.41, 5.74) is 2.48. The topological polar surface area (TPSA) is 74.6 Å². The fraction of sp³-hybridized carbons (Fsp3) is 0.471. The number of aromatic nitrogens is 3. The number of benzene rings is 1. The van der Waals surface area contributed by atoms with Gasteiger partial charge in [-0.15, -0.1) is 0 Å². The second kappa shape index (κ2) is 7.11. The van der Waals surface area contributed by atoms with Gasteiger partial charge in [-0.05, 0) is 29.1 Å². The number of fused-ring (bicyclic) bond motifs is 1. The van der Waals surface area contributed by atoms with Crippen LogP contribution in [-0.2, 0) is 17.7 Å². The molecule has 2 aromatic rings. The highest BCUT2D eigenvalue weighted by Gasteiger charge is 2.28. The molecule has 8 heteroatoms. The molecule has 1 saturated heterocycles.